The molecule has 0 radical (unpaired) electrons. The Kier molecular flexibility index (Phi) is 6.09. The highest BCUT2D eigenvalue weighted by molar-refractivity contribution is 5.92. The zero-order valence-electron chi connectivity index (χ0n) is 12.4. The van der Waals surface area contributed by atoms with Crippen LogP contribution in [0.4, 0.5) is 0 Å². The van der Waals surface area contributed by atoms with E-state index in [0.717, 1.165) is 0 Å². The van der Waals surface area contributed by atoms with E-state index >= 15 is 0 Å². The fraction of sp³-hybridized carbons (Fsp3) is 0.714. The smallest absolute Gasteiger partial charge is 0.246 e. The van der Waals surface area contributed by atoms with Crippen molar-refractivity contribution in [2.24, 2.45) is 5.92 Å². The van der Waals surface area contributed by atoms with Crippen molar-refractivity contribution in [1.82, 2.24) is 10.2 Å². The first-order valence-electron chi connectivity index (χ1n) is 6.29. The van der Waals surface area contributed by atoms with E-state index in [1.165, 1.54) is 11.0 Å². The standard InChI is InChI=1S/C14H26N2O2/c1-8-12(17)16(7)11(9-10(2)3)13(18)15-14(4,5)6/h8,10-11H,1,9H2,2-7H3,(H,15,18)/t11-/m0/s1. The SMILES string of the molecule is C=CC(=O)N(C)[C@@H](CC(C)C)C(=O)NC(C)(C)C. The van der Waals surface area contributed by atoms with Crippen LogP contribution in [0.2, 0.25) is 0 Å². The van der Waals surface area contributed by atoms with Crippen molar-refractivity contribution in [3.63, 3.8) is 0 Å². The van der Waals surface area contributed by atoms with E-state index in [0.29, 0.717) is 12.3 Å². The highest BCUT2D eigenvalue weighted by Gasteiger charge is 2.28. The molecule has 0 saturated heterocycles. The second-order valence-corrected chi connectivity index (χ2v) is 6.04. The minimum absolute atomic E-state index is 0.117. The number of hydrogen-bond donors (Lipinski definition) is 1. The molecule has 1 atom stereocenters. The molecule has 0 unspecified atom stereocenters. The zero-order chi connectivity index (χ0) is 14.5. The predicted octanol–water partition coefficient (Wildman–Crippen LogP) is 1.96. The van der Waals surface area contributed by atoms with E-state index in [9.17, 15) is 9.59 Å². The predicted molar refractivity (Wildman–Crippen MR) is 74.1 cm³/mol. The summed E-state index contributed by atoms with van der Waals surface area (Å²) in [5, 5.41) is 2.92. The third-order valence-electron chi connectivity index (χ3n) is 2.49. The van der Waals surface area contributed by atoms with Crippen LogP contribution >= 0.6 is 0 Å². The van der Waals surface area contributed by atoms with Gasteiger partial charge in [-0.25, -0.2) is 0 Å². The number of likely N-dealkylation sites (N-methyl/N-ethyl adjacent to an activating group) is 1. The second kappa shape index (κ2) is 6.57. The average molecular weight is 254 g/mol. The average Bonchev–Trinajstić information content (AvgIpc) is 2.20. The molecule has 104 valence electrons. The number of nitrogens with zero attached hydrogens (tertiary/aromatic N) is 1. The maximum atomic E-state index is 12.2. The Balaban J connectivity index is 4.93. The van der Waals surface area contributed by atoms with Gasteiger partial charge in [0.25, 0.3) is 0 Å². The maximum absolute atomic E-state index is 12.2. The molecule has 18 heavy (non-hydrogen) atoms. The van der Waals surface area contributed by atoms with Crippen molar-refractivity contribution in [2.45, 2.75) is 52.6 Å². The summed E-state index contributed by atoms with van der Waals surface area (Å²) in [6, 6.07) is -0.449. The van der Waals surface area contributed by atoms with E-state index in [2.05, 4.69) is 11.9 Å². The van der Waals surface area contributed by atoms with E-state index in [1.54, 1.807) is 7.05 Å². The maximum Gasteiger partial charge on any atom is 0.246 e. The van der Waals surface area contributed by atoms with Gasteiger partial charge >= 0.3 is 0 Å². The molecule has 2 amide bonds. The van der Waals surface area contributed by atoms with Crippen molar-refractivity contribution in [2.75, 3.05) is 7.05 Å². The summed E-state index contributed by atoms with van der Waals surface area (Å²) in [6.45, 7) is 13.3. The van der Waals surface area contributed by atoms with Gasteiger partial charge in [0.1, 0.15) is 6.04 Å². The molecule has 0 aromatic carbocycles. The van der Waals surface area contributed by atoms with E-state index in [1.807, 2.05) is 34.6 Å². The Morgan fingerprint density at radius 3 is 2.17 bits per heavy atom. The molecule has 0 saturated carbocycles. The van der Waals surface area contributed by atoms with Crippen molar-refractivity contribution >= 4 is 11.8 Å². The van der Waals surface area contributed by atoms with Crippen LogP contribution in [0.15, 0.2) is 12.7 Å². The summed E-state index contributed by atoms with van der Waals surface area (Å²) < 4.78 is 0. The van der Waals surface area contributed by atoms with Crippen molar-refractivity contribution in [3.8, 4) is 0 Å². The van der Waals surface area contributed by atoms with Crippen LogP contribution < -0.4 is 5.32 Å². The molecule has 1 N–H and O–H groups in total. The lowest BCUT2D eigenvalue weighted by atomic mass is 10.00. The van der Waals surface area contributed by atoms with Crippen LogP contribution in [0.3, 0.4) is 0 Å². The molecule has 4 heteroatoms. The number of carbonyl (C=O) groups excluding carboxylic acids is 2. The lowest BCUT2D eigenvalue weighted by molar-refractivity contribution is -0.137. The molecule has 0 aliphatic rings. The number of nitrogens with one attached hydrogen (secondary N) is 1. The number of carbonyl (C=O) groups is 2. The Morgan fingerprint density at radius 2 is 1.83 bits per heavy atom. The highest BCUT2D eigenvalue weighted by Crippen LogP contribution is 2.13. The molecule has 0 spiro atoms. The summed E-state index contributed by atoms with van der Waals surface area (Å²) in [6.07, 6.45) is 1.87. The normalized spacial score (nSPS) is 13.1. The summed E-state index contributed by atoms with van der Waals surface area (Å²) in [4.78, 5) is 25.3. The van der Waals surface area contributed by atoms with Gasteiger partial charge < -0.3 is 10.2 Å². The van der Waals surface area contributed by atoms with Crippen LogP contribution in [0, 0.1) is 5.92 Å². The summed E-state index contributed by atoms with van der Waals surface area (Å²) in [5.74, 6) is -0.0145. The van der Waals surface area contributed by atoms with Gasteiger partial charge in [0.2, 0.25) is 11.8 Å². The molecule has 0 rings (SSSR count). The number of rotatable bonds is 5. The van der Waals surface area contributed by atoms with Crippen LogP contribution in [-0.2, 0) is 9.59 Å². The minimum atomic E-state index is -0.449. The fourth-order valence-electron chi connectivity index (χ4n) is 1.64. The highest BCUT2D eigenvalue weighted by atomic mass is 16.2. The monoisotopic (exact) mass is 254 g/mol. The van der Waals surface area contributed by atoms with Gasteiger partial charge in [-0.05, 0) is 39.2 Å². The van der Waals surface area contributed by atoms with Crippen LogP contribution in [0.25, 0.3) is 0 Å². The van der Waals surface area contributed by atoms with E-state index in [4.69, 9.17) is 0 Å². The van der Waals surface area contributed by atoms with Gasteiger partial charge in [-0.2, -0.15) is 0 Å². The molecule has 0 fully saturated rings. The first kappa shape index (κ1) is 16.7. The third-order valence-corrected chi connectivity index (χ3v) is 2.49. The molecule has 0 aliphatic heterocycles. The molecule has 0 aromatic rings. The zero-order valence-corrected chi connectivity index (χ0v) is 12.4. The Hall–Kier alpha value is -1.32. The molecule has 0 aliphatic carbocycles. The third kappa shape index (κ3) is 5.84. The number of hydrogen-bond acceptors (Lipinski definition) is 2. The van der Waals surface area contributed by atoms with Crippen molar-refractivity contribution in [1.29, 1.82) is 0 Å². The topological polar surface area (TPSA) is 49.4 Å². The molecular formula is C14H26N2O2. The van der Waals surface area contributed by atoms with Gasteiger partial charge in [-0.3, -0.25) is 9.59 Å². The Labute approximate surface area is 110 Å². The quantitative estimate of drug-likeness (QED) is 0.762. The van der Waals surface area contributed by atoms with Crippen LogP contribution in [0.1, 0.15) is 41.0 Å². The number of amides is 2. The molecule has 0 heterocycles. The van der Waals surface area contributed by atoms with Gasteiger partial charge in [0, 0.05) is 12.6 Å². The lowest BCUT2D eigenvalue weighted by Gasteiger charge is -2.31. The minimum Gasteiger partial charge on any atom is -0.350 e. The van der Waals surface area contributed by atoms with Crippen LogP contribution in [0.5, 0.6) is 0 Å². The Morgan fingerprint density at radius 1 is 1.33 bits per heavy atom. The van der Waals surface area contributed by atoms with Gasteiger partial charge in [-0.1, -0.05) is 20.4 Å². The second-order valence-electron chi connectivity index (χ2n) is 6.04. The summed E-state index contributed by atoms with van der Waals surface area (Å²) in [5.41, 5.74) is -0.301. The Bertz CT molecular complexity index is 316. The van der Waals surface area contributed by atoms with Gasteiger partial charge in [0.05, 0.1) is 0 Å². The largest absolute Gasteiger partial charge is 0.350 e. The van der Waals surface area contributed by atoms with Gasteiger partial charge in [0.15, 0.2) is 0 Å². The van der Waals surface area contributed by atoms with Crippen molar-refractivity contribution in [3.05, 3.63) is 12.7 Å². The van der Waals surface area contributed by atoms with Gasteiger partial charge in [-0.15, -0.1) is 0 Å². The van der Waals surface area contributed by atoms with E-state index in [-0.39, 0.29) is 17.4 Å². The van der Waals surface area contributed by atoms with E-state index < -0.39 is 6.04 Å². The first-order valence-corrected chi connectivity index (χ1v) is 6.29. The molecule has 0 aromatic heterocycles. The summed E-state index contributed by atoms with van der Waals surface area (Å²) >= 11 is 0. The molecular weight excluding hydrogens is 228 g/mol. The summed E-state index contributed by atoms with van der Waals surface area (Å²) in [7, 11) is 1.64. The fourth-order valence-corrected chi connectivity index (χ4v) is 1.64. The van der Waals surface area contributed by atoms with Crippen molar-refractivity contribution < 1.29 is 9.59 Å². The first-order chi connectivity index (χ1) is 8.08. The van der Waals surface area contributed by atoms with Crippen LogP contribution in [-0.4, -0.2) is 35.3 Å². The lowest BCUT2D eigenvalue weighted by Crippen LogP contribution is -2.52. The molecule has 0 bridgehead atoms. The molecule has 4 nitrogen and oxygen atoms in total.